The van der Waals surface area contributed by atoms with Crippen molar-refractivity contribution in [2.45, 2.75) is 27.3 Å². The molecular formula is C15H18BrN3O2. The van der Waals surface area contributed by atoms with Crippen molar-refractivity contribution in [1.82, 2.24) is 9.78 Å². The maximum Gasteiger partial charge on any atom is 0.229 e. The molecule has 1 heterocycles. The number of rotatable bonds is 4. The molecule has 0 fully saturated rings. The minimum absolute atomic E-state index is 0.0793. The van der Waals surface area contributed by atoms with Gasteiger partial charge in [-0.3, -0.25) is 9.48 Å². The van der Waals surface area contributed by atoms with Gasteiger partial charge in [0.25, 0.3) is 0 Å². The van der Waals surface area contributed by atoms with Gasteiger partial charge in [-0.1, -0.05) is 6.92 Å². The number of phenolic OH excluding ortho intramolecular Hbond substituents is 1. The molecule has 0 saturated heterocycles. The van der Waals surface area contributed by atoms with E-state index in [4.69, 9.17) is 0 Å². The number of hydrogen-bond donors (Lipinski definition) is 2. The zero-order chi connectivity index (χ0) is 15.6. The molecule has 0 radical (unpaired) electrons. The Hall–Kier alpha value is -1.82. The second-order valence-corrected chi connectivity index (χ2v) is 5.90. The van der Waals surface area contributed by atoms with Crippen LogP contribution in [0.15, 0.2) is 28.7 Å². The maximum atomic E-state index is 12.2. The summed E-state index contributed by atoms with van der Waals surface area (Å²) in [6, 6.07) is 6.41. The molecule has 5 nitrogen and oxygen atoms in total. The summed E-state index contributed by atoms with van der Waals surface area (Å²) in [5.74, 6) is -0.124. The predicted octanol–water partition coefficient (Wildman–Crippen LogP) is 3.24. The first kappa shape index (κ1) is 15.6. The van der Waals surface area contributed by atoms with Crippen LogP contribution in [0.4, 0.5) is 5.69 Å². The second-order valence-electron chi connectivity index (χ2n) is 5.10. The van der Waals surface area contributed by atoms with Gasteiger partial charge in [0, 0.05) is 11.4 Å². The molecule has 2 rings (SSSR count). The highest BCUT2D eigenvalue weighted by atomic mass is 79.9. The van der Waals surface area contributed by atoms with Crippen molar-refractivity contribution < 1.29 is 9.90 Å². The summed E-state index contributed by atoms with van der Waals surface area (Å²) in [5, 5.41) is 16.5. The molecule has 0 aliphatic carbocycles. The highest BCUT2D eigenvalue weighted by Gasteiger charge is 2.17. The number of aromatic hydroxyl groups is 1. The van der Waals surface area contributed by atoms with Crippen LogP contribution in [0, 0.1) is 19.8 Å². The number of phenols is 1. The fraction of sp³-hybridized carbons (Fsp3) is 0.333. The molecule has 1 aromatic carbocycles. The van der Waals surface area contributed by atoms with E-state index in [-0.39, 0.29) is 17.6 Å². The first-order chi connectivity index (χ1) is 9.88. The van der Waals surface area contributed by atoms with E-state index in [2.05, 4.69) is 26.3 Å². The highest BCUT2D eigenvalue weighted by molar-refractivity contribution is 9.10. The van der Waals surface area contributed by atoms with Gasteiger partial charge in [0.2, 0.25) is 5.91 Å². The molecule has 0 aliphatic rings. The van der Waals surface area contributed by atoms with Gasteiger partial charge >= 0.3 is 0 Å². The van der Waals surface area contributed by atoms with E-state index in [1.165, 1.54) is 0 Å². The lowest BCUT2D eigenvalue weighted by atomic mass is 10.1. The highest BCUT2D eigenvalue weighted by Crippen LogP contribution is 2.21. The molecule has 112 valence electrons. The SMILES string of the molecule is Cc1nn(C[C@@H](C)C(=O)Nc2ccc(O)cc2)c(C)c1Br. The van der Waals surface area contributed by atoms with Crippen LogP contribution in [0.1, 0.15) is 18.3 Å². The van der Waals surface area contributed by atoms with E-state index in [1.807, 2.05) is 25.5 Å². The lowest BCUT2D eigenvalue weighted by Gasteiger charge is -2.13. The van der Waals surface area contributed by atoms with Gasteiger partial charge in [0.05, 0.1) is 22.6 Å². The number of aromatic nitrogens is 2. The number of carbonyl (C=O) groups is 1. The lowest BCUT2D eigenvalue weighted by molar-refractivity contribution is -0.119. The number of halogens is 1. The molecule has 0 spiro atoms. The predicted molar refractivity (Wildman–Crippen MR) is 85.3 cm³/mol. The number of aryl methyl sites for hydroxylation is 1. The number of benzene rings is 1. The van der Waals surface area contributed by atoms with Crippen LogP contribution in [-0.2, 0) is 11.3 Å². The number of carbonyl (C=O) groups excluding carboxylic acids is 1. The van der Waals surface area contributed by atoms with Crippen LogP contribution in [0.2, 0.25) is 0 Å². The zero-order valence-corrected chi connectivity index (χ0v) is 13.8. The minimum Gasteiger partial charge on any atom is -0.508 e. The number of nitrogens with zero attached hydrogens (tertiary/aromatic N) is 2. The summed E-state index contributed by atoms with van der Waals surface area (Å²) in [6.45, 7) is 6.27. The zero-order valence-electron chi connectivity index (χ0n) is 12.2. The van der Waals surface area contributed by atoms with Gasteiger partial charge in [-0.05, 0) is 54.0 Å². The summed E-state index contributed by atoms with van der Waals surface area (Å²) < 4.78 is 2.81. The van der Waals surface area contributed by atoms with Gasteiger partial charge in [0.15, 0.2) is 0 Å². The van der Waals surface area contributed by atoms with Gasteiger partial charge in [-0.15, -0.1) is 0 Å². The minimum atomic E-state index is -0.219. The van der Waals surface area contributed by atoms with Crippen LogP contribution in [0.5, 0.6) is 5.75 Å². The van der Waals surface area contributed by atoms with E-state index in [9.17, 15) is 9.90 Å². The van der Waals surface area contributed by atoms with Crippen molar-refractivity contribution >= 4 is 27.5 Å². The van der Waals surface area contributed by atoms with Crippen molar-refractivity contribution in [3.8, 4) is 5.75 Å². The van der Waals surface area contributed by atoms with Crippen LogP contribution >= 0.6 is 15.9 Å². The summed E-state index contributed by atoms with van der Waals surface area (Å²) in [4.78, 5) is 12.2. The van der Waals surface area contributed by atoms with E-state index in [0.717, 1.165) is 15.9 Å². The molecule has 0 aliphatic heterocycles. The standard InChI is InChI=1S/C15H18BrN3O2/c1-9(8-19-11(3)14(16)10(2)18-19)15(21)17-12-4-6-13(20)7-5-12/h4-7,9,20H,8H2,1-3H3,(H,17,21)/t9-/m1/s1. The van der Waals surface area contributed by atoms with Crippen molar-refractivity contribution in [2.75, 3.05) is 5.32 Å². The fourth-order valence-electron chi connectivity index (χ4n) is 2.01. The number of anilines is 1. The van der Waals surface area contributed by atoms with Crippen molar-refractivity contribution in [2.24, 2.45) is 5.92 Å². The Morgan fingerprint density at radius 2 is 2.00 bits per heavy atom. The van der Waals surface area contributed by atoms with Crippen molar-refractivity contribution in [3.05, 3.63) is 40.1 Å². The molecule has 0 saturated carbocycles. The third-order valence-electron chi connectivity index (χ3n) is 3.32. The summed E-state index contributed by atoms with van der Waals surface area (Å²) in [5.41, 5.74) is 2.59. The van der Waals surface area contributed by atoms with Crippen LogP contribution < -0.4 is 5.32 Å². The largest absolute Gasteiger partial charge is 0.508 e. The topological polar surface area (TPSA) is 67.2 Å². The monoisotopic (exact) mass is 351 g/mol. The Morgan fingerprint density at radius 1 is 1.38 bits per heavy atom. The van der Waals surface area contributed by atoms with Crippen molar-refractivity contribution in [1.29, 1.82) is 0 Å². The molecule has 0 bridgehead atoms. The smallest absolute Gasteiger partial charge is 0.229 e. The quantitative estimate of drug-likeness (QED) is 0.830. The molecule has 0 unspecified atom stereocenters. The summed E-state index contributed by atoms with van der Waals surface area (Å²) >= 11 is 3.48. The Balaban J connectivity index is 2.02. The van der Waals surface area contributed by atoms with E-state index >= 15 is 0 Å². The Kier molecular flexibility index (Phi) is 4.67. The third-order valence-corrected chi connectivity index (χ3v) is 4.47. The van der Waals surface area contributed by atoms with Gasteiger partial charge < -0.3 is 10.4 Å². The van der Waals surface area contributed by atoms with Gasteiger partial charge in [0.1, 0.15) is 5.75 Å². The Labute approximate surface area is 132 Å². The van der Waals surface area contributed by atoms with Crippen LogP contribution in [0.3, 0.4) is 0 Å². The average Bonchev–Trinajstić information content (AvgIpc) is 2.69. The Morgan fingerprint density at radius 3 is 2.52 bits per heavy atom. The molecular weight excluding hydrogens is 334 g/mol. The molecule has 1 amide bonds. The molecule has 2 N–H and O–H groups in total. The third kappa shape index (κ3) is 3.64. The molecule has 1 aromatic heterocycles. The lowest BCUT2D eigenvalue weighted by Crippen LogP contribution is -2.25. The second kappa shape index (κ2) is 6.30. The number of nitrogens with one attached hydrogen (secondary N) is 1. The van der Waals surface area contributed by atoms with E-state index in [1.54, 1.807) is 24.3 Å². The fourth-order valence-corrected chi connectivity index (χ4v) is 2.29. The molecule has 2 aromatic rings. The van der Waals surface area contributed by atoms with Crippen LogP contribution in [-0.4, -0.2) is 20.8 Å². The summed E-state index contributed by atoms with van der Waals surface area (Å²) in [6.07, 6.45) is 0. The van der Waals surface area contributed by atoms with Crippen LogP contribution in [0.25, 0.3) is 0 Å². The summed E-state index contributed by atoms with van der Waals surface area (Å²) in [7, 11) is 0. The molecule has 6 heteroatoms. The number of amides is 1. The molecule has 21 heavy (non-hydrogen) atoms. The molecule has 1 atom stereocenters. The van der Waals surface area contributed by atoms with Gasteiger partial charge in [-0.25, -0.2) is 0 Å². The number of hydrogen-bond acceptors (Lipinski definition) is 3. The maximum absolute atomic E-state index is 12.2. The first-order valence-corrected chi connectivity index (χ1v) is 7.47. The Bertz CT molecular complexity index is 650. The van der Waals surface area contributed by atoms with E-state index < -0.39 is 0 Å². The van der Waals surface area contributed by atoms with Crippen molar-refractivity contribution in [3.63, 3.8) is 0 Å². The van der Waals surface area contributed by atoms with E-state index in [0.29, 0.717) is 12.2 Å². The normalized spacial score (nSPS) is 12.2. The first-order valence-electron chi connectivity index (χ1n) is 6.68. The average molecular weight is 352 g/mol. The van der Waals surface area contributed by atoms with Gasteiger partial charge in [-0.2, -0.15) is 5.10 Å².